The van der Waals surface area contributed by atoms with Gasteiger partial charge in [-0.1, -0.05) is 76.6 Å². The van der Waals surface area contributed by atoms with E-state index in [1.54, 1.807) is 0 Å². The van der Waals surface area contributed by atoms with Crippen LogP contribution in [0.3, 0.4) is 0 Å². The molecule has 0 aromatic heterocycles. The van der Waals surface area contributed by atoms with Gasteiger partial charge in [0, 0.05) is 22.6 Å². The van der Waals surface area contributed by atoms with Gasteiger partial charge in [-0.25, -0.2) is 4.79 Å². The summed E-state index contributed by atoms with van der Waals surface area (Å²) >= 11 is 3.44. The topological polar surface area (TPSA) is 41.1 Å². The summed E-state index contributed by atoms with van der Waals surface area (Å²) in [6.07, 6.45) is 0.834. The van der Waals surface area contributed by atoms with Crippen LogP contribution in [-0.4, -0.2) is 12.6 Å². The highest BCUT2D eigenvalue weighted by atomic mass is 79.9. The van der Waals surface area contributed by atoms with Crippen LogP contribution in [0.4, 0.5) is 10.5 Å². The number of amides is 2. The maximum atomic E-state index is 12.3. The van der Waals surface area contributed by atoms with Gasteiger partial charge in [0.25, 0.3) is 0 Å². The number of carbonyl (C=O) groups excluding carboxylic acids is 1. The summed E-state index contributed by atoms with van der Waals surface area (Å²) < 4.78 is 1.000. The molecule has 0 aliphatic heterocycles. The average Bonchev–Trinajstić information content (AvgIpc) is 2.69. The number of aryl methyl sites for hydroxylation is 1. The van der Waals surface area contributed by atoms with Crippen molar-refractivity contribution in [3.63, 3.8) is 0 Å². The number of rotatable bonds is 6. The minimum absolute atomic E-state index is 0.180. The average molecular weight is 423 g/mol. The molecule has 27 heavy (non-hydrogen) atoms. The molecule has 0 fully saturated rings. The fraction of sp³-hybridized carbons (Fsp3) is 0.174. The van der Waals surface area contributed by atoms with Gasteiger partial charge in [-0.3, -0.25) is 0 Å². The van der Waals surface area contributed by atoms with E-state index in [1.165, 1.54) is 11.1 Å². The van der Waals surface area contributed by atoms with Crippen molar-refractivity contribution in [1.82, 2.24) is 5.32 Å². The Morgan fingerprint density at radius 3 is 2.07 bits per heavy atom. The molecule has 138 valence electrons. The number of nitrogens with one attached hydrogen (secondary N) is 2. The summed E-state index contributed by atoms with van der Waals surface area (Å²) in [4.78, 5) is 12.3. The molecule has 3 rings (SSSR count). The minimum Gasteiger partial charge on any atom is -0.338 e. The van der Waals surface area contributed by atoms with Gasteiger partial charge < -0.3 is 10.6 Å². The van der Waals surface area contributed by atoms with Crippen molar-refractivity contribution in [3.8, 4) is 0 Å². The Morgan fingerprint density at radius 2 is 1.52 bits per heavy atom. The molecule has 0 bridgehead atoms. The van der Waals surface area contributed by atoms with E-state index in [-0.39, 0.29) is 11.9 Å². The third-order valence-electron chi connectivity index (χ3n) is 4.56. The smallest absolute Gasteiger partial charge is 0.319 e. The fourth-order valence-electron chi connectivity index (χ4n) is 3.16. The maximum Gasteiger partial charge on any atom is 0.319 e. The molecular formula is C23H23BrN2O. The molecule has 0 saturated heterocycles. The largest absolute Gasteiger partial charge is 0.338 e. The summed E-state index contributed by atoms with van der Waals surface area (Å²) in [5.41, 5.74) is 4.36. The van der Waals surface area contributed by atoms with Crippen molar-refractivity contribution >= 4 is 27.6 Å². The van der Waals surface area contributed by atoms with Crippen molar-refractivity contribution in [1.29, 1.82) is 0 Å². The Morgan fingerprint density at radius 1 is 0.926 bits per heavy atom. The summed E-state index contributed by atoms with van der Waals surface area (Å²) in [7, 11) is 0. The van der Waals surface area contributed by atoms with Gasteiger partial charge in [-0.05, 0) is 48.2 Å². The SMILES string of the molecule is Cc1cc(Br)ccc1NC(=O)NCCC(c1ccccc1)c1ccccc1. The summed E-state index contributed by atoms with van der Waals surface area (Å²) in [5.74, 6) is 0.252. The molecule has 0 aliphatic carbocycles. The number of halogens is 1. The van der Waals surface area contributed by atoms with Crippen LogP contribution in [0.1, 0.15) is 29.0 Å². The zero-order valence-corrected chi connectivity index (χ0v) is 16.9. The first kappa shape index (κ1) is 19.2. The summed E-state index contributed by atoms with van der Waals surface area (Å²) in [6.45, 7) is 2.57. The van der Waals surface area contributed by atoms with Crippen molar-refractivity contribution in [3.05, 3.63) is 100 Å². The highest BCUT2D eigenvalue weighted by Crippen LogP contribution is 2.27. The molecule has 3 aromatic carbocycles. The second-order valence-electron chi connectivity index (χ2n) is 6.50. The first-order chi connectivity index (χ1) is 13.1. The van der Waals surface area contributed by atoms with Crippen LogP contribution >= 0.6 is 15.9 Å². The monoisotopic (exact) mass is 422 g/mol. The Bertz CT molecular complexity index is 842. The van der Waals surface area contributed by atoms with E-state index in [4.69, 9.17) is 0 Å². The zero-order valence-electron chi connectivity index (χ0n) is 15.3. The van der Waals surface area contributed by atoms with E-state index < -0.39 is 0 Å². The quantitative estimate of drug-likeness (QED) is 0.494. The van der Waals surface area contributed by atoms with E-state index in [2.05, 4.69) is 75.1 Å². The lowest BCUT2D eigenvalue weighted by Gasteiger charge is -2.18. The van der Waals surface area contributed by atoms with Crippen LogP contribution < -0.4 is 10.6 Å². The summed E-state index contributed by atoms with van der Waals surface area (Å²) in [6, 6.07) is 26.5. The fourth-order valence-corrected chi connectivity index (χ4v) is 3.64. The predicted molar refractivity (Wildman–Crippen MR) is 115 cm³/mol. The molecule has 0 saturated carbocycles. The third-order valence-corrected chi connectivity index (χ3v) is 5.05. The van der Waals surface area contributed by atoms with Gasteiger partial charge in [0.05, 0.1) is 0 Å². The van der Waals surface area contributed by atoms with Crippen LogP contribution in [0.2, 0.25) is 0 Å². The molecule has 0 aliphatic rings. The number of hydrogen-bond acceptors (Lipinski definition) is 1. The van der Waals surface area contributed by atoms with E-state index in [0.29, 0.717) is 6.54 Å². The Kier molecular flexibility index (Phi) is 6.66. The van der Waals surface area contributed by atoms with Crippen molar-refractivity contribution < 1.29 is 4.79 Å². The van der Waals surface area contributed by atoms with Crippen LogP contribution in [0.25, 0.3) is 0 Å². The predicted octanol–water partition coefficient (Wildman–Crippen LogP) is 6.10. The molecule has 0 unspecified atom stereocenters. The van der Waals surface area contributed by atoms with E-state index in [9.17, 15) is 4.79 Å². The molecule has 0 atom stereocenters. The second-order valence-corrected chi connectivity index (χ2v) is 7.42. The Balaban J connectivity index is 1.61. The normalized spacial score (nSPS) is 10.6. The standard InChI is InChI=1S/C23H23BrN2O/c1-17-16-20(24)12-13-22(17)26-23(27)25-15-14-21(18-8-4-2-5-9-18)19-10-6-3-7-11-19/h2-13,16,21H,14-15H2,1H3,(H2,25,26,27). The number of urea groups is 1. The Hall–Kier alpha value is -2.59. The van der Waals surface area contributed by atoms with Crippen molar-refractivity contribution in [2.75, 3.05) is 11.9 Å². The van der Waals surface area contributed by atoms with Gasteiger partial charge in [0.2, 0.25) is 0 Å². The first-order valence-electron chi connectivity index (χ1n) is 9.04. The van der Waals surface area contributed by atoms with Gasteiger partial charge >= 0.3 is 6.03 Å². The van der Waals surface area contributed by atoms with Gasteiger partial charge in [-0.2, -0.15) is 0 Å². The first-order valence-corrected chi connectivity index (χ1v) is 9.83. The van der Waals surface area contributed by atoms with E-state index in [0.717, 1.165) is 22.1 Å². The van der Waals surface area contributed by atoms with E-state index >= 15 is 0 Å². The van der Waals surface area contributed by atoms with Crippen molar-refractivity contribution in [2.24, 2.45) is 0 Å². The van der Waals surface area contributed by atoms with Gasteiger partial charge in [0.15, 0.2) is 0 Å². The molecule has 0 heterocycles. The zero-order chi connectivity index (χ0) is 19.1. The molecule has 4 heteroatoms. The van der Waals surface area contributed by atoms with Gasteiger partial charge in [-0.15, -0.1) is 0 Å². The molecule has 0 spiro atoms. The highest BCUT2D eigenvalue weighted by molar-refractivity contribution is 9.10. The molecule has 0 radical (unpaired) electrons. The molecule has 3 nitrogen and oxygen atoms in total. The van der Waals surface area contributed by atoms with Gasteiger partial charge in [0.1, 0.15) is 0 Å². The van der Waals surface area contributed by atoms with Crippen LogP contribution in [0, 0.1) is 6.92 Å². The van der Waals surface area contributed by atoms with Crippen LogP contribution in [0.15, 0.2) is 83.3 Å². The number of carbonyl (C=O) groups is 1. The highest BCUT2D eigenvalue weighted by Gasteiger charge is 2.14. The molecule has 2 N–H and O–H groups in total. The summed E-state index contributed by atoms with van der Waals surface area (Å²) in [5, 5.41) is 5.90. The molecule has 2 amide bonds. The number of anilines is 1. The van der Waals surface area contributed by atoms with E-state index in [1.807, 2.05) is 37.3 Å². The molecular weight excluding hydrogens is 400 g/mol. The number of benzene rings is 3. The van der Waals surface area contributed by atoms with Crippen LogP contribution in [-0.2, 0) is 0 Å². The lowest BCUT2D eigenvalue weighted by atomic mass is 9.88. The van der Waals surface area contributed by atoms with Crippen molar-refractivity contribution in [2.45, 2.75) is 19.3 Å². The van der Waals surface area contributed by atoms with Crippen LogP contribution in [0.5, 0.6) is 0 Å². The third kappa shape index (κ3) is 5.44. The Labute approximate surface area is 168 Å². The lowest BCUT2D eigenvalue weighted by Crippen LogP contribution is -2.30. The molecule has 3 aromatic rings. The lowest BCUT2D eigenvalue weighted by molar-refractivity contribution is 0.252. The minimum atomic E-state index is -0.180. The maximum absolute atomic E-state index is 12.3. The second kappa shape index (κ2) is 9.38. The number of hydrogen-bond donors (Lipinski definition) is 2.